The molecule has 2 rings (SSSR count). The highest BCUT2D eigenvalue weighted by molar-refractivity contribution is 5.17. The van der Waals surface area contributed by atoms with Crippen LogP contribution < -0.4 is 0 Å². The Morgan fingerprint density at radius 3 is 1.47 bits per heavy atom. The highest BCUT2D eigenvalue weighted by Gasteiger charge is 2.25. The summed E-state index contributed by atoms with van der Waals surface area (Å²) in [6.07, 6.45) is 25.8. The Bertz CT molecular complexity index is 511. The fourth-order valence-electron chi connectivity index (χ4n) is 4.57. The van der Waals surface area contributed by atoms with Crippen LogP contribution in [0.1, 0.15) is 109 Å². The Morgan fingerprint density at radius 1 is 0.567 bits per heavy atom. The van der Waals surface area contributed by atoms with Crippen molar-refractivity contribution in [3.63, 3.8) is 0 Å². The van der Waals surface area contributed by atoms with E-state index in [-0.39, 0.29) is 0 Å². The van der Waals surface area contributed by atoms with Crippen LogP contribution in [0, 0.1) is 0 Å². The van der Waals surface area contributed by atoms with Crippen LogP contribution in [0.3, 0.4) is 0 Å². The highest BCUT2D eigenvalue weighted by Crippen LogP contribution is 2.22. The summed E-state index contributed by atoms with van der Waals surface area (Å²) in [6.45, 7) is 7.00. The quantitative estimate of drug-likeness (QED) is 0.224. The topological polar surface area (TPSA) is 6.48 Å². The minimum atomic E-state index is 0.507. The lowest BCUT2D eigenvalue weighted by Crippen LogP contribution is -2.41. The summed E-state index contributed by atoms with van der Waals surface area (Å²) in [7, 11) is 0. The smallest absolute Gasteiger partial charge is 0.105 e. The molecule has 0 amide bonds. The first-order valence-electron chi connectivity index (χ1n) is 13.1. The van der Waals surface area contributed by atoms with Gasteiger partial charge in [0.2, 0.25) is 0 Å². The molecule has 0 radical (unpaired) electrons. The number of benzene rings is 1. The molecular formula is C28H48N2. The van der Waals surface area contributed by atoms with Gasteiger partial charge in [-0.15, -0.1) is 0 Å². The second-order valence-corrected chi connectivity index (χ2v) is 9.19. The molecule has 0 aliphatic carbocycles. The third-order valence-corrected chi connectivity index (χ3v) is 6.52. The van der Waals surface area contributed by atoms with Crippen LogP contribution in [-0.2, 0) is 6.42 Å². The van der Waals surface area contributed by atoms with Crippen molar-refractivity contribution in [1.29, 1.82) is 0 Å². The second-order valence-electron chi connectivity index (χ2n) is 9.19. The van der Waals surface area contributed by atoms with E-state index in [0.29, 0.717) is 6.17 Å². The van der Waals surface area contributed by atoms with Gasteiger partial charge in [0.15, 0.2) is 0 Å². The van der Waals surface area contributed by atoms with Gasteiger partial charge in [0.25, 0.3) is 0 Å². The second kappa shape index (κ2) is 16.3. The van der Waals surface area contributed by atoms with Crippen molar-refractivity contribution in [2.75, 3.05) is 13.1 Å². The van der Waals surface area contributed by atoms with E-state index in [1.807, 2.05) is 0 Å². The molecule has 0 unspecified atom stereocenters. The van der Waals surface area contributed by atoms with Gasteiger partial charge in [-0.25, -0.2) is 0 Å². The van der Waals surface area contributed by atoms with E-state index in [2.05, 4.69) is 66.4 Å². The molecule has 0 N–H and O–H groups in total. The Kier molecular flexibility index (Phi) is 13.5. The maximum absolute atomic E-state index is 2.61. The molecule has 1 aromatic carbocycles. The van der Waals surface area contributed by atoms with Crippen molar-refractivity contribution >= 4 is 0 Å². The van der Waals surface area contributed by atoms with E-state index in [0.717, 1.165) is 6.42 Å². The van der Waals surface area contributed by atoms with Crippen molar-refractivity contribution in [1.82, 2.24) is 9.80 Å². The standard InChI is InChI=1S/C28H48N2/c1-3-5-7-9-11-13-18-22-29-24-25-30(23-19-14-12-10-8-6-4-2)28(29)26-27-20-16-15-17-21-27/h15-17,20-21,24-25,28H,3-14,18-19,22-23,26H2,1-2H3. The molecule has 1 heterocycles. The summed E-state index contributed by atoms with van der Waals surface area (Å²) in [4.78, 5) is 5.22. The molecule has 30 heavy (non-hydrogen) atoms. The average molecular weight is 413 g/mol. The van der Waals surface area contributed by atoms with Crippen LogP contribution in [0.5, 0.6) is 0 Å². The SMILES string of the molecule is CCCCCCCCCN1C=CN(CCCCCCCCC)C1Cc1ccccc1. The van der Waals surface area contributed by atoms with Gasteiger partial charge in [-0.2, -0.15) is 0 Å². The van der Waals surface area contributed by atoms with Gasteiger partial charge in [0, 0.05) is 31.9 Å². The van der Waals surface area contributed by atoms with E-state index >= 15 is 0 Å². The van der Waals surface area contributed by atoms with Crippen LogP contribution >= 0.6 is 0 Å². The minimum Gasteiger partial charge on any atom is -0.356 e. The molecule has 2 heteroatoms. The van der Waals surface area contributed by atoms with Gasteiger partial charge < -0.3 is 9.80 Å². The Morgan fingerprint density at radius 2 is 1.00 bits per heavy atom. The minimum absolute atomic E-state index is 0.507. The normalized spacial score (nSPS) is 14.2. The maximum Gasteiger partial charge on any atom is 0.105 e. The van der Waals surface area contributed by atoms with E-state index in [1.54, 1.807) is 0 Å². The summed E-state index contributed by atoms with van der Waals surface area (Å²) in [5.74, 6) is 0. The Labute approximate surface area is 187 Å². The van der Waals surface area contributed by atoms with Gasteiger partial charge >= 0.3 is 0 Å². The predicted molar refractivity (Wildman–Crippen MR) is 132 cm³/mol. The Balaban J connectivity index is 1.74. The van der Waals surface area contributed by atoms with Crippen molar-refractivity contribution in [3.05, 3.63) is 48.3 Å². The van der Waals surface area contributed by atoms with Crippen molar-refractivity contribution in [2.45, 2.75) is 116 Å². The first-order valence-corrected chi connectivity index (χ1v) is 13.1. The van der Waals surface area contributed by atoms with Gasteiger partial charge in [0.1, 0.15) is 6.17 Å². The molecule has 2 nitrogen and oxygen atoms in total. The number of hydrogen-bond acceptors (Lipinski definition) is 2. The number of nitrogens with zero attached hydrogens (tertiary/aromatic N) is 2. The van der Waals surface area contributed by atoms with Gasteiger partial charge in [-0.3, -0.25) is 0 Å². The summed E-state index contributed by atoms with van der Waals surface area (Å²) < 4.78 is 0. The molecule has 0 spiro atoms. The number of rotatable bonds is 18. The summed E-state index contributed by atoms with van der Waals surface area (Å²) in [6, 6.07) is 11.1. The molecule has 0 saturated carbocycles. The van der Waals surface area contributed by atoms with E-state index < -0.39 is 0 Å². The van der Waals surface area contributed by atoms with E-state index in [4.69, 9.17) is 0 Å². The molecule has 1 aliphatic rings. The first-order chi connectivity index (χ1) is 14.8. The molecule has 0 saturated heterocycles. The molecule has 0 fully saturated rings. The first kappa shape index (κ1) is 24.8. The van der Waals surface area contributed by atoms with Gasteiger partial charge in [-0.1, -0.05) is 121 Å². The van der Waals surface area contributed by atoms with Crippen molar-refractivity contribution in [3.8, 4) is 0 Å². The molecule has 0 atom stereocenters. The van der Waals surface area contributed by atoms with Crippen LogP contribution in [-0.4, -0.2) is 29.1 Å². The van der Waals surface area contributed by atoms with E-state index in [9.17, 15) is 0 Å². The lowest BCUT2D eigenvalue weighted by Gasteiger charge is -2.33. The molecule has 170 valence electrons. The fourth-order valence-corrected chi connectivity index (χ4v) is 4.57. The molecule has 0 bridgehead atoms. The summed E-state index contributed by atoms with van der Waals surface area (Å²) >= 11 is 0. The van der Waals surface area contributed by atoms with Gasteiger partial charge in [0.05, 0.1) is 0 Å². The van der Waals surface area contributed by atoms with Crippen molar-refractivity contribution in [2.24, 2.45) is 0 Å². The molecule has 1 aromatic rings. The molecular weight excluding hydrogens is 364 g/mol. The number of unbranched alkanes of at least 4 members (excludes halogenated alkanes) is 12. The molecule has 0 aromatic heterocycles. The summed E-state index contributed by atoms with van der Waals surface area (Å²) in [5, 5.41) is 0. The maximum atomic E-state index is 2.61. The highest BCUT2D eigenvalue weighted by atomic mass is 15.4. The van der Waals surface area contributed by atoms with Crippen LogP contribution in [0.25, 0.3) is 0 Å². The zero-order valence-corrected chi connectivity index (χ0v) is 20.0. The fraction of sp³-hybridized carbons (Fsp3) is 0.714. The zero-order valence-electron chi connectivity index (χ0n) is 20.0. The lowest BCUT2D eigenvalue weighted by atomic mass is 10.1. The van der Waals surface area contributed by atoms with Gasteiger partial charge in [-0.05, 0) is 18.4 Å². The van der Waals surface area contributed by atoms with Crippen LogP contribution in [0.2, 0.25) is 0 Å². The Hall–Kier alpha value is -1.44. The zero-order chi connectivity index (χ0) is 21.3. The largest absolute Gasteiger partial charge is 0.356 e. The average Bonchev–Trinajstić information content (AvgIpc) is 3.14. The lowest BCUT2D eigenvalue weighted by molar-refractivity contribution is 0.148. The van der Waals surface area contributed by atoms with Crippen molar-refractivity contribution < 1.29 is 0 Å². The third-order valence-electron chi connectivity index (χ3n) is 6.52. The van der Waals surface area contributed by atoms with Crippen LogP contribution in [0.4, 0.5) is 0 Å². The van der Waals surface area contributed by atoms with Crippen LogP contribution in [0.15, 0.2) is 42.7 Å². The molecule has 1 aliphatic heterocycles. The predicted octanol–water partition coefficient (Wildman–Crippen LogP) is 8.15. The third kappa shape index (κ3) is 10.0. The number of hydrogen-bond donors (Lipinski definition) is 0. The summed E-state index contributed by atoms with van der Waals surface area (Å²) in [5.41, 5.74) is 1.46. The monoisotopic (exact) mass is 412 g/mol. The van der Waals surface area contributed by atoms with E-state index in [1.165, 1.54) is 109 Å².